The maximum absolute atomic E-state index is 13.2. The van der Waals surface area contributed by atoms with Crippen molar-refractivity contribution >= 4 is 39.3 Å². The first kappa shape index (κ1) is 21.7. The van der Waals surface area contributed by atoms with Crippen LogP contribution in [0.1, 0.15) is 18.4 Å². The first-order valence-electron chi connectivity index (χ1n) is 11.2. The number of hydrogen-bond acceptors (Lipinski definition) is 3. The van der Waals surface area contributed by atoms with Gasteiger partial charge in [0.05, 0.1) is 11.0 Å². The molecule has 1 aliphatic rings. The molecule has 0 saturated carbocycles. The van der Waals surface area contributed by atoms with E-state index in [1.807, 2.05) is 77.4 Å². The number of amides is 1. The number of fused-ring (bicyclic) bond motifs is 2. The van der Waals surface area contributed by atoms with E-state index < -0.39 is 0 Å². The molecule has 5 rings (SSSR count). The summed E-state index contributed by atoms with van der Waals surface area (Å²) >= 11 is 6.10. The van der Waals surface area contributed by atoms with Gasteiger partial charge >= 0.3 is 0 Å². The zero-order valence-corrected chi connectivity index (χ0v) is 19.0. The topological polar surface area (TPSA) is 60.3 Å². The van der Waals surface area contributed by atoms with Crippen molar-refractivity contribution in [2.24, 2.45) is 0 Å². The molecule has 0 atom stereocenters. The van der Waals surface area contributed by atoms with E-state index in [1.165, 1.54) is 0 Å². The Morgan fingerprint density at radius 3 is 2.09 bits per heavy atom. The Balaban J connectivity index is 1.44. The summed E-state index contributed by atoms with van der Waals surface area (Å²) in [6, 6.07) is 22.8. The van der Waals surface area contributed by atoms with Crippen LogP contribution in [0, 0.1) is 0 Å². The Bertz CT molecular complexity index is 1310. The van der Waals surface area contributed by atoms with E-state index in [9.17, 15) is 9.59 Å². The first-order valence-corrected chi connectivity index (χ1v) is 11.6. The SMILES string of the molecule is O=C(Cn1c2ccccc2c(=O)c2ccccc21)NCC1(c2ccc(Cl)cc2)CCOCC1. The van der Waals surface area contributed by atoms with Gasteiger partial charge in [-0.05, 0) is 54.8 Å². The van der Waals surface area contributed by atoms with Crippen LogP contribution in [0.4, 0.5) is 0 Å². The van der Waals surface area contributed by atoms with Crippen LogP contribution in [-0.2, 0) is 21.5 Å². The average molecular weight is 461 g/mol. The quantitative estimate of drug-likeness (QED) is 0.440. The van der Waals surface area contributed by atoms with Gasteiger partial charge in [0.1, 0.15) is 6.54 Å². The molecule has 6 heteroatoms. The van der Waals surface area contributed by atoms with Gasteiger partial charge in [-0.2, -0.15) is 0 Å². The van der Waals surface area contributed by atoms with Gasteiger partial charge in [0.25, 0.3) is 0 Å². The van der Waals surface area contributed by atoms with Crippen LogP contribution >= 0.6 is 11.6 Å². The maximum Gasteiger partial charge on any atom is 0.239 e. The minimum Gasteiger partial charge on any atom is -0.381 e. The zero-order valence-electron chi connectivity index (χ0n) is 18.2. The fourth-order valence-electron chi connectivity index (χ4n) is 4.85. The van der Waals surface area contributed by atoms with Crippen LogP contribution in [0.15, 0.2) is 77.6 Å². The summed E-state index contributed by atoms with van der Waals surface area (Å²) in [7, 11) is 0. The first-order chi connectivity index (χ1) is 16.1. The predicted octanol–water partition coefficient (Wildman–Crippen LogP) is 4.67. The molecule has 1 N–H and O–H groups in total. The smallest absolute Gasteiger partial charge is 0.239 e. The molecule has 0 bridgehead atoms. The predicted molar refractivity (Wildman–Crippen MR) is 132 cm³/mol. The number of para-hydroxylation sites is 2. The molecular weight excluding hydrogens is 436 g/mol. The number of carbonyl (C=O) groups excluding carboxylic acids is 1. The summed E-state index contributed by atoms with van der Waals surface area (Å²) in [4.78, 5) is 26.1. The minimum absolute atomic E-state index is 0.0123. The van der Waals surface area contributed by atoms with Crippen molar-refractivity contribution in [3.63, 3.8) is 0 Å². The van der Waals surface area contributed by atoms with Crippen LogP contribution in [0.3, 0.4) is 0 Å². The Hall–Kier alpha value is -3.15. The van der Waals surface area contributed by atoms with Gasteiger partial charge < -0.3 is 14.6 Å². The van der Waals surface area contributed by atoms with Gasteiger partial charge in [-0.3, -0.25) is 9.59 Å². The monoisotopic (exact) mass is 460 g/mol. The number of pyridine rings is 1. The van der Waals surface area contributed by atoms with Crippen LogP contribution < -0.4 is 10.7 Å². The number of rotatable bonds is 5. The summed E-state index contributed by atoms with van der Waals surface area (Å²) in [6.45, 7) is 1.97. The number of nitrogens with zero attached hydrogens (tertiary/aromatic N) is 1. The molecule has 5 nitrogen and oxygen atoms in total. The Kier molecular flexibility index (Phi) is 5.92. The molecule has 1 amide bonds. The summed E-state index contributed by atoms with van der Waals surface area (Å²) in [5.74, 6) is -0.0891. The fourth-order valence-corrected chi connectivity index (χ4v) is 4.97. The van der Waals surface area contributed by atoms with Gasteiger partial charge in [0.15, 0.2) is 5.43 Å². The lowest BCUT2D eigenvalue weighted by molar-refractivity contribution is -0.122. The van der Waals surface area contributed by atoms with Gasteiger partial charge in [-0.1, -0.05) is 48.0 Å². The maximum atomic E-state index is 13.2. The molecule has 0 aliphatic carbocycles. The molecule has 2 heterocycles. The Morgan fingerprint density at radius 1 is 0.909 bits per heavy atom. The number of halogens is 1. The van der Waals surface area contributed by atoms with E-state index in [-0.39, 0.29) is 23.3 Å². The largest absolute Gasteiger partial charge is 0.381 e. The number of aromatic nitrogens is 1. The third-order valence-electron chi connectivity index (χ3n) is 6.71. The van der Waals surface area contributed by atoms with E-state index in [1.54, 1.807) is 0 Å². The molecule has 0 radical (unpaired) electrons. The standard InChI is InChI=1S/C27H25ClN2O3/c28-20-11-9-19(10-12-20)27(13-15-33-16-14-27)18-29-25(31)17-30-23-7-3-1-5-21(23)26(32)22-6-2-4-8-24(22)30/h1-12H,13-18H2,(H,29,31). The Morgan fingerprint density at radius 2 is 1.48 bits per heavy atom. The summed E-state index contributed by atoms with van der Waals surface area (Å²) in [6.07, 6.45) is 1.66. The molecule has 4 aromatic rings. The highest BCUT2D eigenvalue weighted by molar-refractivity contribution is 6.30. The van der Waals surface area contributed by atoms with Gasteiger partial charge in [0.2, 0.25) is 5.91 Å². The summed E-state index contributed by atoms with van der Waals surface area (Å²) in [5.41, 5.74) is 2.48. The highest BCUT2D eigenvalue weighted by Gasteiger charge is 2.34. The van der Waals surface area contributed by atoms with Gasteiger partial charge in [-0.15, -0.1) is 0 Å². The van der Waals surface area contributed by atoms with Crippen molar-refractivity contribution in [2.45, 2.75) is 24.8 Å². The van der Waals surface area contributed by atoms with Crippen molar-refractivity contribution in [3.05, 3.63) is 93.6 Å². The van der Waals surface area contributed by atoms with E-state index in [2.05, 4.69) is 5.32 Å². The van der Waals surface area contributed by atoms with Gasteiger partial charge in [0, 0.05) is 41.0 Å². The number of nitrogens with one attached hydrogen (secondary N) is 1. The lowest BCUT2D eigenvalue weighted by Gasteiger charge is -2.38. The van der Waals surface area contributed by atoms with Crippen molar-refractivity contribution in [3.8, 4) is 0 Å². The molecule has 168 valence electrons. The highest BCUT2D eigenvalue weighted by atomic mass is 35.5. The third-order valence-corrected chi connectivity index (χ3v) is 6.96. The molecule has 1 aromatic heterocycles. The summed E-state index contributed by atoms with van der Waals surface area (Å²) < 4.78 is 7.54. The van der Waals surface area contributed by atoms with E-state index in [4.69, 9.17) is 16.3 Å². The third kappa shape index (κ3) is 4.14. The van der Waals surface area contributed by atoms with Crippen molar-refractivity contribution in [2.75, 3.05) is 19.8 Å². The fraction of sp³-hybridized carbons (Fsp3) is 0.259. The van der Waals surface area contributed by atoms with Gasteiger partial charge in [-0.25, -0.2) is 0 Å². The zero-order chi connectivity index (χ0) is 22.8. The summed E-state index contributed by atoms with van der Waals surface area (Å²) in [5, 5.41) is 5.10. The lowest BCUT2D eigenvalue weighted by atomic mass is 9.74. The second-order valence-corrected chi connectivity index (χ2v) is 9.06. The molecule has 0 spiro atoms. The second-order valence-electron chi connectivity index (χ2n) is 8.63. The number of carbonyl (C=O) groups is 1. The molecule has 1 aliphatic heterocycles. The molecule has 3 aromatic carbocycles. The van der Waals surface area contributed by atoms with E-state index >= 15 is 0 Å². The van der Waals surface area contributed by atoms with Crippen LogP contribution in [0.2, 0.25) is 5.02 Å². The second kappa shape index (κ2) is 9.00. The van der Waals surface area contributed by atoms with E-state index in [0.29, 0.717) is 35.6 Å². The molecule has 0 unspecified atom stereocenters. The minimum atomic E-state index is -0.188. The molecule has 1 fully saturated rings. The molecule has 1 saturated heterocycles. The van der Waals surface area contributed by atoms with Crippen LogP contribution in [0.5, 0.6) is 0 Å². The average Bonchev–Trinajstić information content (AvgIpc) is 2.86. The van der Waals surface area contributed by atoms with Crippen LogP contribution in [0.25, 0.3) is 21.8 Å². The number of ether oxygens (including phenoxy) is 1. The Labute approximate surface area is 196 Å². The van der Waals surface area contributed by atoms with Crippen molar-refractivity contribution in [1.82, 2.24) is 9.88 Å². The van der Waals surface area contributed by atoms with Crippen LogP contribution in [-0.4, -0.2) is 30.2 Å². The van der Waals surface area contributed by atoms with Crippen molar-refractivity contribution in [1.29, 1.82) is 0 Å². The van der Waals surface area contributed by atoms with E-state index in [0.717, 1.165) is 29.4 Å². The highest BCUT2D eigenvalue weighted by Crippen LogP contribution is 2.35. The lowest BCUT2D eigenvalue weighted by Crippen LogP contribution is -2.45. The number of benzene rings is 3. The molecule has 33 heavy (non-hydrogen) atoms. The van der Waals surface area contributed by atoms with Crippen molar-refractivity contribution < 1.29 is 9.53 Å². The number of hydrogen-bond donors (Lipinski definition) is 1. The normalized spacial score (nSPS) is 15.5. The molecular formula is C27H25ClN2O3.